The number of ether oxygens (including phenoxy) is 2. The molecular formula is C59H35N3O2. The lowest BCUT2D eigenvalue weighted by Gasteiger charge is -2.40. The Hall–Kier alpha value is -8.41. The van der Waals surface area contributed by atoms with E-state index >= 15 is 0 Å². The summed E-state index contributed by atoms with van der Waals surface area (Å²) in [6.45, 7) is 0. The molecule has 0 fully saturated rings. The molecule has 9 aromatic carbocycles. The second-order valence-electron chi connectivity index (χ2n) is 16.9. The Morgan fingerprint density at radius 1 is 0.266 bits per heavy atom. The van der Waals surface area contributed by atoms with Gasteiger partial charge < -0.3 is 9.47 Å². The van der Waals surface area contributed by atoms with E-state index in [4.69, 9.17) is 24.4 Å². The monoisotopic (exact) mass is 817 g/mol. The normalized spacial score (nSPS) is 14.4. The maximum atomic E-state index is 6.90. The van der Waals surface area contributed by atoms with Gasteiger partial charge in [-0.05, 0) is 80.9 Å². The Morgan fingerprint density at radius 3 is 1.27 bits per heavy atom. The number of aromatic nitrogens is 3. The molecule has 0 saturated heterocycles. The summed E-state index contributed by atoms with van der Waals surface area (Å²) < 4.78 is 13.7. The van der Waals surface area contributed by atoms with Crippen molar-refractivity contribution in [2.75, 3.05) is 0 Å². The Morgan fingerprint density at radius 2 is 0.672 bits per heavy atom. The zero-order valence-electron chi connectivity index (χ0n) is 34.4. The summed E-state index contributed by atoms with van der Waals surface area (Å²) in [4.78, 5) is 16.2. The number of benzene rings is 9. The number of nitrogens with zero attached hydrogens (tertiary/aromatic N) is 3. The van der Waals surface area contributed by atoms with E-state index in [1.807, 2.05) is 24.3 Å². The van der Waals surface area contributed by atoms with E-state index in [0.717, 1.165) is 61.9 Å². The lowest BCUT2D eigenvalue weighted by Crippen LogP contribution is -2.33. The van der Waals surface area contributed by atoms with Crippen LogP contribution in [0.2, 0.25) is 0 Å². The largest absolute Gasteiger partial charge is 0.457 e. The molecule has 14 rings (SSSR count). The molecule has 1 aromatic heterocycles. The lowest BCUT2D eigenvalue weighted by molar-refractivity contribution is 0.436. The molecule has 0 saturated carbocycles. The van der Waals surface area contributed by atoms with Crippen LogP contribution >= 0.6 is 0 Å². The van der Waals surface area contributed by atoms with Crippen LogP contribution in [-0.4, -0.2) is 15.0 Å². The highest BCUT2D eigenvalue weighted by Gasteiger charge is 2.53. The van der Waals surface area contributed by atoms with Gasteiger partial charge in [-0.25, -0.2) is 15.0 Å². The van der Waals surface area contributed by atoms with E-state index in [1.54, 1.807) is 0 Å². The first-order chi connectivity index (χ1) is 31.7. The van der Waals surface area contributed by atoms with Gasteiger partial charge in [0, 0.05) is 38.9 Å². The van der Waals surface area contributed by atoms with Crippen molar-refractivity contribution in [3.8, 4) is 79.4 Å². The first-order valence-corrected chi connectivity index (χ1v) is 21.8. The fourth-order valence-corrected chi connectivity index (χ4v) is 11.4. The third-order valence-electron chi connectivity index (χ3n) is 13.9. The second kappa shape index (κ2) is 13.1. The molecule has 0 radical (unpaired) electrons. The SMILES string of the molecule is c1ccc(-c2nc(-c3ccc4c(c3)C3(c5ccccc5O4)c4ccccc4-c4ccccc43)nc(-c3cccc4c3C3(c5ccccc5O4)c4ccccc4-c4ccccc43)n2)cc1. The van der Waals surface area contributed by atoms with E-state index in [1.165, 1.54) is 44.5 Å². The summed E-state index contributed by atoms with van der Waals surface area (Å²) in [7, 11) is 0. The van der Waals surface area contributed by atoms with Gasteiger partial charge in [-0.3, -0.25) is 0 Å². The minimum Gasteiger partial charge on any atom is -0.457 e. The molecule has 298 valence electrons. The van der Waals surface area contributed by atoms with E-state index in [0.29, 0.717) is 17.5 Å². The summed E-state index contributed by atoms with van der Waals surface area (Å²) in [5, 5.41) is 0. The van der Waals surface area contributed by atoms with Gasteiger partial charge in [0.2, 0.25) is 0 Å². The van der Waals surface area contributed by atoms with Crippen LogP contribution in [0.5, 0.6) is 23.0 Å². The van der Waals surface area contributed by atoms with Crippen molar-refractivity contribution in [3.63, 3.8) is 0 Å². The summed E-state index contributed by atoms with van der Waals surface area (Å²) in [5.74, 6) is 4.98. The van der Waals surface area contributed by atoms with Crippen LogP contribution in [0.15, 0.2) is 212 Å². The molecule has 3 heterocycles. The number of rotatable bonds is 3. The summed E-state index contributed by atoms with van der Waals surface area (Å²) in [5.41, 5.74) is 15.3. The van der Waals surface area contributed by atoms with Crippen molar-refractivity contribution in [2.24, 2.45) is 0 Å². The third-order valence-corrected chi connectivity index (χ3v) is 13.9. The van der Waals surface area contributed by atoms with Crippen LogP contribution in [0.3, 0.4) is 0 Å². The van der Waals surface area contributed by atoms with Crippen molar-refractivity contribution in [1.82, 2.24) is 15.0 Å². The quantitative estimate of drug-likeness (QED) is 0.178. The van der Waals surface area contributed by atoms with Crippen molar-refractivity contribution in [3.05, 3.63) is 257 Å². The van der Waals surface area contributed by atoms with Gasteiger partial charge >= 0.3 is 0 Å². The topological polar surface area (TPSA) is 57.1 Å². The van der Waals surface area contributed by atoms with Crippen LogP contribution < -0.4 is 9.47 Å². The van der Waals surface area contributed by atoms with Gasteiger partial charge in [0.25, 0.3) is 0 Å². The second-order valence-corrected chi connectivity index (χ2v) is 16.9. The van der Waals surface area contributed by atoms with Gasteiger partial charge in [0.05, 0.1) is 10.8 Å². The van der Waals surface area contributed by atoms with Gasteiger partial charge in [-0.15, -0.1) is 0 Å². The minimum atomic E-state index is -0.708. The number of hydrogen-bond donors (Lipinski definition) is 0. The standard InChI is InChI=1S/C59H35N3O2/c1-2-17-36(18-3-1)55-60-56(37-33-34-52-49(35-37)58(47-28-12-14-30-50(47)63-52)43-24-8-4-19-38(43)39-20-5-9-25-44(39)58)62-57(61-55)42-23-16-32-53-54(42)59(48-29-13-15-31-51(48)64-53)45-26-10-6-21-40(45)41-22-7-11-27-46(41)59/h1-35H. The number of para-hydroxylation sites is 2. The number of fused-ring (bicyclic) bond motifs is 18. The maximum absolute atomic E-state index is 6.90. The Kier molecular flexibility index (Phi) is 7.18. The van der Waals surface area contributed by atoms with Gasteiger partial charge in [0.1, 0.15) is 23.0 Å². The Balaban J connectivity index is 1.04. The zero-order valence-corrected chi connectivity index (χ0v) is 34.4. The van der Waals surface area contributed by atoms with Gasteiger partial charge in [-0.1, -0.05) is 176 Å². The van der Waals surface area contributed by atoms with Crippen LogP contribution in [-0.2, 0) is 10.8 Å². The zero-order chi connectivity index (χ0) is 42.0. The third kappa shape index (κ3) is 4.54. The summed E-state index contributed by atoms with van der Waals surface area (Å²) in [6, 6.07) is 75.0. The van der Waals surface area contributed by atoms with E-state index < -0.39 is 10.8 Å². The minimum absolute atomic E-state index is 0.565. The molecule has 0 amide bonds. The molecule has 4 aliphatic rings. The van der Waals surface area contributed by atoms with Crippen LogP contribution in [0.4, 0.5) is 0 Å². The van der Waals surface area contributed by atoms with E-state index in [2.05, 4.69) is 188 Å². The predicted molar refractivity (Wildman–Crippen MR) is 251 cm³/mol. The Bertz CT molecular complexity index is 3500. The van der Waals surface area contributed by atoms with Crippen molar-refractivity contribution in [2.45, 2.75) is 10.8 Å². The lowest BCUT2D eigenvalue weighted by atomic mass is 9.64. The molecule has 64 heavy (non-hydrogen) atoms. The summed E-state index contributed by atoms with van der Waals surface area (Å²) >= 11 is 0. The predicted octanol–water partition coefficient (Wildman–Crippen LogP) is 13.8. The molecular weight excluding hydrogens is 783 g/mol. The molecule has 2 aliphatic carbocycles. The van der Waals surface area contributed by atoms with E-state index in [-0.39, 0.29) is 0 Å². The van der Waals surface area contributed by atoms with Gasteiger partial charge in [-0.2, -0.15) is 0 Å². The molecule has 0 unspecified atom stereocenters. The molecule has 2 spiro atoms. The average Bonchev–Trinajstić information content (AvgIpc) is 3.82. The summed E-state index contributed by atoms with van der Waals surface area (Å²) in [6.07, 6.45) is 0. The first kappa shape index (κ1) is 35.2. The van der Waals surface area contributed by atoms with Crippen LogP contribution in [0, 0.1) is 0 Å². The van der Waals surface area contributed by atoms with Crippen molar-refractivity contribution < 1.29 is 9.47 Å². The van der Waals surface area contributed by atoms with E-state index in [9.17, 15) is 0 Å². The molecule has 5 nitrogen and oxygen atoms in total. The molecule has 2 aliphatic heterocycles. The highest BCUT2D eigenvalue weighted by molar-refractivity contribution is 5.92. The molecule has 0 bridgehead atoms. The smallest absolute Gasteiger partial charge is 0.164 e. The molecule has 10 aromatic rings. The highest BCUT2D eigenvalue weighted by atomic mass is 16.5. The van der Waals surface area contributed by atoms with Crippen molar-refractivity contribution >= 4 is 0 Å². The number of hydrogen-bond acceptors (Lipinski definition) is 5. The molecule has 5 heteroatoms. The fourth-order valence-electron chi connectivity index (χ4n) is 11.4. The first-order valence-electron chi connectivity index (χ1n) is 21.8. The van der Waals surface area contributed by atoms with Crippen molar-refractivity contribution in [1.29, 1.82) is 0 Å². The average molecular weight is 818 g/mol. The maximum Gasteiger partial charge on any atom is 0.164 e. The molecule has 0 atom stereocenters. The van der Waals surface area contributed by atoms with Gasteiger partial charge in [0.15, 0.2) is 17.5 Å². The van der Waals surface area contributed by atoms with Crippen LogP contribution in [0.1, 0.15) is 44.5 Å². The van der Waals surface area contributed by atoms with Crippen LogP contribution in [0.25, 0.3) is 56.4 Å². The Labute approximate surface area is 370 Å². The molecule has 0 N–H and O–H groups in total. The fraction of sp³-hybridized carbons (Fsp3) is 0.0339. The highest BCUT2D eigenvalue weighted by Crippen LogP contribution is 2.65.